The maximum Gasteiger partial charge on any atom is 0.341 e. The Hall–Kier alpha value is -0.570. The second-order valence-corrected chi connectivity index (χ2v) is 4.83. The quantitative estimate of drug-likeness (QED) is 0.521. The Morgan fingerprint density at radius 3 is 2.40 bits per heavy atom. The van der Waals surface area contributed by atoms with Crippen molar-refractivity contribution in [2.45, 2.75) is 58.7 Å². The highest BCUT2D eigenvalue weighted by Gasteiger charge is 2.71. The van der Waals surface area contributed by atoms with Crippen molar-refractivity contribution in [1.29, 1.82) is 0 Å². The lowest BCUT2D eigenvalue weighted by molar-refractivity contribution is -0.149. The highest BCUT2D eigenvalue weighted by atomic mass is 16.7. The van der Waals surface area contributed by atoms with Crippen molar-refractivity contribution in [2.75, 3.05) is 6.61 Å². The summed E-state index contributed by atoms with van der Waals surface area (Å²) in [4.78, 5) is 11.8. The molecule has 3 heteroatoms. The van der Waals surface area contributed by atoms with Gasteiger partial charge in [-0.3, -0.25) is 0 Å². The molecule has 1 rings (SSSR count). The zero-order valence-corrected chi connectivity index (χ0v) is 10.4. The molecule has 1 aliphatic heterocycles. The van der Waals surface area contributed by atoms with Gasteiger partial charge in [0.2, 0.25) is 0 Å². The van der Waals surface area contributed by atoms with Crippen LogP contribution in [0, 0.1) is 5.92 Å². The summed E-state index contributed by atoms with van der Waals surface area (Å²) in [6.45, 7) is 10.5. The fraction of sp³-hybridized carbons (Fsp3) is 0.917. The molecule has 2 unspecified atom stereocenters. The monoisotopic (exact) mass is 214 g/mol. The van der Waals surface area contributed by atoms with E-state index in [4.69, 9.17) is 9.47 Å². The maximum atomic E-state index is 11.8. The molecule has 1 heterocycles. The first-order valence-electron chi connectivity index (χ1n) is 5.79. The summed E-state index contributed by atoms with van der Waals surface area (Å²) in [6, 6.07) is 0. The standard InChI is InChI=1S/C12H22O3/c1-6-12(10(13)14-7-2)11(5,15-12)8-9(3)4/h9H,6-8H2,1-5H3. The Bertz CT molecular complexity index is 249. The van der Waals surface area contributed by atoms with Crippen molar-refractivity contribution in [1.82, 2.24) is 0 Å². The number of epoxide rings is 1. The molecule has 0 saturated carbocycles. The van der Waals surface area contributed by atoms with Gasteiger partial charge in [-0.15, -0.1) is 0 Å². The van der Waals surface area contributed by atoms with Crippen LogP contribution in [0.15, 0.2) is 0 Å². The molecule has 0 aliphatic carbocycles. The highest BCUT2D eigenvalue weighted by molar-refractivity contribution is 5.84. The number of hydrogen-bond acceptors (Lipinski definition) is 3. The van der Waals surface area contributed by atoms with Gasteiger partial charge in [-0.25, -0.2) is 4.79 Å². The fourth-order valence-electron chi connectivity index (χ4n) is 2.44. The minimum Gasteiger partial charge on any atom is -0.464 e. The first kappa shape index (κ1) is 12.5. The van der Waals surface area contributed by atoms with E-state index in [9.17, 15) is 4.79 Å². The SMILES string of the molecule is CCOC(=O)C1(CC)OC1(C)CC(C)C. The molecule has 1 aliphatic rings. The summed E-state index contributed by atoms with van der Waals surface area (Å²) in [5.41, 5.74) is -0.991. The zero-order chi connectivity index (χ0) is 11.7. The molecule has 0 bridgehead atoms. The van der Waals surface area contributed by atoms with Crippen LogP contribution in [-0.2, 0) is 14.3 Å². The average Bonchev–Trinajstić information content (AvgIpc) is 2.71. The third kappa shape index (κ3) is 2.03. The van der Waals surface area contributed by atoms with Crippen molar-refractivity contribution < 1.29 is 14.3 Å². The van der Waals surface area contributed by atoms with Crippen LogP contribution >= 0.6 is 0 Å². The summed E-state index contributed by atoms with van der Waals surface area (Å²) in [5.74, 6) is 0.327. The average molecular weight is 214 g/mol. The lowest BCUT2D eigenvalue weighted by Crippen LogP contribution is -2.34. The van der Waals surface area contributed by atoms with Crippen LogP contribution < -0.4 is 0 Å². The van der Waals surface area contributed by atoms with Crippen molar-refractivity contribution >= 4 is 5.97 Å². The Kier molecular flexibility index (Phi) is 3.44. The number of carbonyl (C=O) groups is 1. The molecule has 0 spiro atoms. The number of rotatable bonds is 5. The molecule has 1 fully saturated rings. The maximum absolute atomic E-state index is 11.8. The summed E-state index contributed by atoms with van der Waals surface area (Å²) >= 11 is 0. The predicted octanol–water partition coefficient (Wildman–Crippen LogP) is 2.53. The van der Waals surface area contributed by atoms with Gasteiger partial charge < -0.3 is 9.47 Å². The van der Waals surface area contributed by atoms with Gasteiger partial charge in [0, 0.05) is 0 Å². The Balaban J connectivity index is 2.71. The van der Waals surface area contributed by atoms with Crippen LogP contribution in [-0.4, -0.2) is 23.8 Å². The largest absolute Gasteiger partial charge is 0.464 e. The topological polar surface area (TPSA) is 38.8 Å². The van der Waals surface area contributed by atoms with E-state index < -0.39 is 5.60 Å². The molecule has 0 aromatic carbocycles. The first-order valence-corrected chi connectivity index (χ1v) is 5.79. The molecule has 1 saturated heterocycles. The summed E-state index contributed by atoms with van der Waals surface area (Å²) in [5, 5.41) is 0. The van der Waals surface area contributed by atoms with E-state index in [-0.39, 0.29) is 11.6 Å². The molecule has 3 nitrogen and oxygen atoms in total. The van der Waals surface area contributed by atoms with Crippen LogP contribution in [0.5, 0.6) is 0 Å². The molecule has 0 radical (unpaired) electrons. The van der Waals surface area contributed by atoms with E-state index >= 15 is 0 Å². The van der Waals surface area contributed by atoms with Gasteiger partial charge in [0.1, 0.15) is 5.60 Å². The smallest absolute Gasteiger partial charge is 0.341 e. The molecule has 2 atom stereocenters. The number of carbonyl (C=O) groups excluding carboxylic acids is 1. The third-order valence-electron chi connectivity index (χ3n) is 3.11. The Morgan fingerprint density at radius 1 is 1.40 bits per heavy atom. The van der Waals surface area contributed by atoms with Gasteiger partial charge in [0.05, 0.1) is 6.61 Å². The van der Waals surface area contributed by atoms with Crippen molar-refractivity contribution in [3.05, 3.63) is 0 Å². The van der Waals surface area contributed by atoms with E-state index in [1.165, 1.54) is 0 Å². The van der Waals surface area contributed by atoms with E-state index in [0.717, 1.165) is 6.42 Å². The first-order chi connectivity index (χ1) is 6.92. The Morgan fingerprint density at radius 2 is 2.00 bits per heavy atom. The van der Waals surface area contributed by atoms with E-state index in [0.29, 0.717) is 18.9 Å². The van der Waals surface area contributed by atoms with Crippen LogP contribution in [0.3, 0.4) is 0 Å². The van der Waals surface area contributed by atoms with Crippen LogP contribution in [0.2, 0.25) is 0 Å². The van der Waals surface area contributed by atoms with E-state index in [1.807, 2.05) is 20.8 Å². The summed E-state index contributed by atoms with van der Waals surface area (Å²) in [7, 11) is 0. The van der Waals surface area contributed by atoms with E-state index in [2.05, 4.69) is 13.8 Å². The van der Waals surface area contributed by atoms with Crippen molar-refractivity contribution in [2.24, 2.45) is 5.92 Å². The fourth-order valence-corrected chi connectivity index (χ4v) is 2.44. The predicted molar refractivity (Wildman–Crippen MR) is 58.6 cm³/mol. The van der Waals surface area contributed by atoms with Gasteiger partial charge in [-0.05, 0) is 32.6 Å². The van der Waals surface area contributed by atoms with Crippen molar-refractivity contribution in [3.63, 3.8) is 0 Å². The number of hydrogen-bond donors (Lipinski definition) is 0. The molecule has 0 N–H and O–H groups in total. The highest BCUT2D eigenvalue weighted by Crippen LogP contribution is 2.54. The number of esters is 1. The summed E-state index contributed by atoms with van der Waals surface area (Å²) in [6.07, 6.45) is 1.59. The minimum atomic E-state index is -0.673. The third-order valence-corrected chi connectivity index (χ3v) is 3.11. The second kappa shape index (κ2) is 4.12. The molecular formula is C12H22O3. The van der Waals surface area contributed by atoms with Crippen LogP contribution in [0.25, 0.3) is 0 Å². The van der Waals surface area contributed by atoms with Gasteiger partial charge in [0.15, 0.2) is 5.60 Å². The van der Waals surface area contributed by atoms with Gasteiger partial charge >= 0.3 is 5.97 Å². The normalized spacial score (nSPS) is 34.3. The molecule has 15 heavy (non-hydrogen) atoms. The molecule has 0 amide bonds. The zero-order valence-electron chi connectivity index (χ0n) is 10.4. The lowest BCUT2D eigenvalue weighted by atomic mass is 9.85. The molecular weight excluding hydrogens is 192 g/mol. The lowest BCUT2D eigenvalue weighted by Gasteiger charge is -2.15. The van der Waals surface area contributed by atoms with Crippen LogP contribution in [0.4, 0.5) is 0 Å². The number of ether oxygens (including phenoxy) is 2. The molecule has 0 aromatic heterocycles. The molecule has 88 valence electrons. The van der Waals surface area contributed by atoms with E-state index in [1.54, 1.807) is 0 Å². The van der Waals surface area contributed by atoms with Gasteiger partial charge in [-0.2, -0.15) is 0 Å². The Labute approximate surface area is 92.1 Å². The van der Waals surface area contributed by atoms with Crippen molar-refractivity contribution in [3.8, 4) is 0 Å². The second-order valence-electron chi connectivity index (χ2n) is 4.83. The summed E-state index contributed by atoms with van der Waals surface area (Å²) < 4.78 is 10.8. The minimum absolute atomic E-state index is 0.198. The van der Waals surface area contributed by atoms with Gasteiger partial charge in [0.25, 0.3) is 0 Å². The van der Waals surface area contributed by atoms with Crippen LogP contribution in [0.1, 0.15) is 47.5 Å². The van der Waals surface area contributed by atoms with Gasteiger partial charge in [-0.1, -0.05) is 20.8 Å². The molecule has 0 aromatic rings.